The smallest absolute Gasteiger partial charge is 0.382 e. The van der Waals surface area contributed by atoms with Gasteiger partial charge in [-0.05, 0) is 13.3 Å². The predicted octanol–water partition coefficient (Wildman–Crippen LogP) is 1.02. The van der Waals surface area contributed by atoms with Crippen LogP contribution in [-0.4, -0.2) is 56.4 Å². The molecule has 0 aromatic rings. The molecule has 1 fully saturated rings. The number of amides is 1. The minimum absolute atomic E-state index is 0.0921. The first-order valence-corrected chi connectivity index (χ1v) is 6.08. The van der Waals surface area contributed by atoms with Crippen molar-refractivity contribution >= 4 is 5.91 Å². The van der Waals surface area contributed by atoms with Gasteiger partial charge in [0.1, 0.15) is 6.54 Å². The van der Waals surface area contributed by atoms with Crippen LogP contribution in [0.4, 0.5) is 13.2 Å². The SMILES string of the molecule is CCOCCCN(CC(F)(F)F)C(=O)C1CNC1. The van der Waals surface area contributed by atoms with Gasteiger partial charge in [-0.2, -0.15) is 13.2 Å². The highest BCUT2D eigenvalue weighted by Gasteiger charge is 2.36. The van der Waals surface area contributed by atoms with Gasteiger partial charge in [0.25, 0.3) is 0 Å². The Morgan fingerprint density at radius 1 is 1.44 bits per heavy atom. The number of nitrogens with zero attached hydrogens (tertiary/aromatic N) is 1. The van der Waals surface area contributed by atoms with Gasteiger partial charge in [-0.3, -0.25) is 4.79 Å². The van der Waals surface area contributed by atoms with Crippen molar-refractivity contribution in [2.45, 2.75) is 19.5 Å². The fourth-order valence-corrected chi connectivity index (χ4v) is 1.71. The quantitative estimate of drug-likeness (QED) is 0.701. The lowest BCUT2D eigenvalue weighted by Gasteiger charge is -2.32. The highest BCUT2D eigenvalue weighted by molar-refractivity contribution is 5.80. The van der Waals surface area contributed by atoms with E-state index in [2.05, 4.69) is 5.32 Å². The summed E-state index contributed by atoms with van der Waals surface area (Å²) in [7, 11) is 0. The number of rotatable bonds is 7. The van der Waals surface area contributed by atoms with Gasteiger partial charge < -0.3 is 15.0 Å². The standard InChI is InChI=1S/C11H19F3N2O2/c1-2-18-5-3-4-16(8-11(12,13)14)10(17)9-6-15-7-9/h9,15H,2-8H2,1H3. The number of halogens is 3. The third-order valence-electron chi connectivity index (χ3n) is 2.73. The zero-order valence-corrected chi connectivity index (χ0v) is 10.4. The molecule has 1 N–H and O–H groups in total. The molecule has 1 rings (SSSR count). The van der Waals surface area contributed by atoms with E-state index in [0.717, 1.165) is 4.90 Å². The molecule has 1 aliphatic rings. The van der Waals surface area contributed by atoms with E-state index in [4.69, 9.17) is 4.74 Å². The molecule has 4 nitrogen and oxygen atoms in total. The maximum Gasteiger partial charge on any atom is 0.406 e. The maximum absolute atomic E-state index is 12.4. The molecule has 0 bridgehead atoms. The first-order valence-electron chi connectivity index (χ1n) is 6.08. The van der Waals surface area contributed by atoms with Crippen LogP contribution >= 0.6 is 0 Å². The third-order valence-corrected chi connectivity index (χ3v) is 2.73. The molecule has 1 amide bonds. The van der Waals surface area contributed by atoms with E-state index in [0.29, 0.717) is 32.7 Å². The van der Waals surface area contributed by atoms with Crippen molar-refractivity contribution in [1.29, 1.82) is 0 Å². The van der Waals surface area contributed by atoms with Crippen molar-refractivity contribution in [1.82, 2.24) is 10.2 Å². The summed E-state index contributed by atoms with van der Waals surface area (Å²) in [5.41, 5.74) is 0. The second-order valence-corrected chi connectivity index (χ2v) is 4.28. The average molecular weight is 268 g/mol. The zero-order chi connectivity index (χ0) is 13.6. The van der Waals surface area contributed by atoms with Crippen LogP contribution in [0.3, 0.4) is 0 Å². The van der Waals surface area contributed by atoms with Crippen molar-refractivity contribution in [3.05, 3.63) is 0 Å². The summed E-state index contributed by atoms with van der Waals surface area (Å²) in [6, 6.07) is 0. The Balaban J connectivity index is 2.43. The molecule has 0 aromatic heterocycles. The van der Waals surface area contributed by atoms with Crippen LogP contribution in [0.1, 0.15) is 13.3 Å². The number of nitrogens with one attached hydrogen (secondary N) is 1. The highest BCUT2D eigenvalue weighted by atomic mass is 19.4. The van der Waals surface area contributed by atoms with Crippen LogP contribution in [0.25, 0.3) is 0 Å². The lowest BCUT2D eigenvalue weighted by molar-refractivity contribution is -0.165. The molecule has 0 atom stereocenters. The van der Waals surface area contributed by atoms with Gasteiger partial charge in [-0.1, -0.05) is 0 Å². The van der Waals surface area contributed by atoms with Gasteiger partial charge in [0.05, 0.1) is 5.92 Å². The molecule has 0 saturated carbocycles. The molecular formula is C11H19F3N2O2. The molecular weight excluding hydrogens is 249 g/mol. The number of carbonyl (C=O) groups is 1. The van der Waals surface area contributed by atoms with Crippen molar-refractivity contribution in [3.8, 4) is 0 Å². The summed E-state index contributed by atoms with van der Waals surface area (Å²) in [6.45, 7) is 2.58. The van der Waals surface area contributed by atoms with Gasteiger partial charge in [-0.25, -0.2) is 0 Å². The Kier molecular flexibility index (Phi) is 5.87. The van der Waals surface area contributed by atoms with E-state index in [-0.39, 0.29) is 12.5 Å². The summed E-state index contributed by atoms with van der Waals surface area (Å²) < 4.78 is 42.2. The second-order valence-electron chi connectivity index (χ2n) is 4.28. The maximum atomic E-state index is 12.4. The second kappa shape index (κ2) is 6.94. The van der Waals surface area contributed by atoms with Crippen LogP contribution in [0.5, 0.6) is 0 Å². The van der Waals surface area contributed by atoms with E-state index in [1.165, 1.54) is 0 Å². The van der Waals surface area contributed by atoms with E-state index >= 15 is 0 Å². The van der Waals surface area contributed by atoms with Crippen molar-refractivity contribution in [2.75, 3.05) is 39.4 Å². The first kappa shape index (κ1) is 15.2. The monoisotopic (exact) mass is 268 g/mol. The Bertz CT molecular complexity index is 268. The summed E-state index contributed by atoms with van der Waals surface area (Å²) >= 11 is 0. The van der Waals surface area contributed by atoms with Gasteiger partial charge in [-0.15, -0.1) is 0 Å². The Labute approximate surface area is 104 Å². The van der Waals surface area contributed by atoms with E-state index < -0.39 is 18.6 Å². The number of carbonyl (C=O) groups excluding carboxylic acids is 1. The Morgan fingerprint density at radius 3 is 2.56 bits per heavy atom. The summed E-state index contributed by atoms with van der Waals surface area (Å²) in [6.07, 6.45) is -3.92. The number of alkyl halides is 3. The van der Waals surface area contributed by atoms with Crippen molar-refractivity contribution in [2.24, 2.45) is 5.92 Å². The van der Waals surface area contributed by atoms with Crippen molar-refractivity contribution in [3.63, 3.8) is 0 Å². The zero-order valence-electron chi connectivity index (χ0n) is 10.4. The molecule has 1 aliphatic heterocycles. The summed E-state index contributed by atoms with van der Waals surface area (Å²) in [4.78, 5) is 12.7. The first-order chi connectivity index (χ1) is 8.44. The highest BCUT2D eigenvalue weighted by Crippen LogP contribution is 2.19. The van der Waals surface area contributed by atoms with Gasteiger partial charge in [0.2, 0.25) is 5.91 Å². The molecule has 0 spiro atoms. The largest absolute Gasteiger partial charge is 0.406 e. The number of ether oxygens (including phenoxy) is 1. The minimum atomic E-state index is -4.35. The minimum Gasteiger partial charge on any atom is -0.382 e. The fourth-order valence-electron chi connectivity index (χ4n) is 1.71. The van der Waals surface area contributed by atoms with Crippen LogP contribution in [0.15, 0.2) is 0 Å². The topological polar surface area (TPSA) is 41.6 Å². The number of hydrogen-bond acceptors (Lipinski definition) is 3. The number of hydrogen-bond donors (Lipinski definition) is 1. The molecule has 0 unspecified atom stereocenters. The van der Waals surface area contributed by atoms with Gasteiger partial charge in [0, 0.05) is 32.8 Å². The third kappa shape index (κ3) is 5.22. The summed E-state index contributed by atoms with van der Waals surface area (Å²) in [5, 5.41) is 2.88. The lowest BCUT2D eigenvalue weighted by Crippen LogP contribution is -2.53. The molecule has 0 radical (unpaired) electrons. The van der Waals surface area contributed by atoms with Crippen molar-refractivity contribution < 1.29 is 22.7 Å². The summed E-state index contributed by atoms with van der Waals surface area (Å²) in [5.74, 6) is -0.720. The Hall–Kier alpha value is -0.820. The van der Waals surface area contributed by atoms with Gasteiger partial charge >= 0.3 is 6.18 Å². The lowest BCUT2D eigenvalue weighted by atomic mass is 10.0. The Morgan fingerprint density at radius 2 is 2.11 bits per heavy atom. The van der Waals surface area contributed by atoms with E-state index in [1.54, 1.807) is 0 Å². The molecule has 1 heterocycles. The van der Waals surface area contributed by atoms with Gasteiger partial charge in [0.15, 0.2) is 0 Å². The molecule has 1 saturated heterocycles. The van der Waals surface area contributed by atoms with Crippen LogP contribution in [0.2, 0.25) is 0 Å². The molecule has 7 heteroatoms. The van der Waals surface area contributed by atoms with E-state index in [9.17, 15) is 18.0 Å². The molecule has 106 valence electrons. The molecule has 18 heavy (non-hydrogen) atoms. The van der Waals surface area contributed by atoms with Crippen LogP contribution in [-0.2, 0) is 9.53 Å². The molecule has 0 aliphatic carbocycles. The van der Waals surface area contributed by atoms with Crippen LogP contribution < -0.4 is 5.32 Å². The van der Waals surface area contributed by atoms with E-state index in [1.807, 2.05) is 6.92 Å². The fraction of sp³-hybridized carbons (Fsp3) is 0.909. The molecule has 0 aromatic carbocycles. The average Bonchev–Trinajstić information content (AvgIpc) is 2.18. The normalized spacial score (nSPS) is 16.4. The predicted molar refractivity (Wildman–Crippen MR) is 60.1 cm³/mol. The van der Waals surface area contributed by atoms with Crippen LogP contribution in [0, 0.1) is 5.92 Å².